The number of hydrogen-bond donors (Lipinski definition) is 2. The van der Waals surface area contributed by atoms with Crippen molar-refractivity contribution < 1.29 is 32.6 Å². The van der Waals surface area contributed by atoms with E-state index >= 15 is 0 Å². The minimum absolute atomic E-state index is 0.111. The van der Waals surface area contributed by atoms with Crippen molar-refractivity contribution in [3.63, 3.8) is 0 Å². The number of hydrogen-bond acceptors (Lipinski definition) is 6. The van der Waals surface area contributed by atoms with Crippen molar-refractivity contribution in [3.05, 3.63) is 46.8 Å². The fourth-order valence-electron chi connectivity index (χ4n) is 10.2. The Morgan fingerprint density at radius 1 is 1.00 bits per heavy atom. The molecule has 2 N–H and O–H groups in total. The second-order valence-corrected chi connectivity index (χ2v) is 14.6. The zero-order chi connectivity index (χ0) is 31.1. The van der Waals surface area contributed by atoms with Crippen LogP contribution in [0.15, 0.2) is 24.4 Å². The number of carbonyl (C=O) groups excluding carboxylic acids is 1. The summed E-state index contributed by atoms with van der Waals surface area (Å²) in [6.45, 7) is 1.57. The Balaban J connectivity index is 1.15. The van der Waals surface area contributed by atoms with Gasteiger partial charge in [-0.25, -0.2) is 14.8 Å². The number of nitrogens with one attached hydrogen (secondary N) is 1. The number of amides is 1. The molecule has 1 aromatic heterocycles. The highest BCUT2D eigenvalue weighted by atomic mass is 19.4. The minimum atomic E-state index is -4.95. The topological polar surface area (TPSA) is 105 Å². The molecule has 2 aromatic rings. The summed E-state index contributed by atoms with van der Waals surface area (Å²) in [7, 11) is 0. The van der Waals surface area contributed by atoms with Crippen molar-refractivity contribution in [2.45, 2.75) is 93.7 Å². The molecule has 3 heterocycles. The highest BCUT2D eigenvalue weighted by Gasteiger charge is 2.62. The zero-order valence-corrected chi connectivity index (χ0v) is 25.2. The van der Waals surface area contributed by atoms with Gasteiger partial charge in [-0.2, -0.15) is 13.2 Å². The van der Waals surface area contributed by atoms with E-state index in [-0.39, 0.29) is 23.2 Å². The number of alkyl halides is 3. The van der Waals surface area contributed by atoms with Gasteiger partial charge in [-0.1, -0.05) is 25.0 Å². The number of anilines is 2. The Labute approximate surface area is 260 Å². The molecule has 4 bridgehead atoms. The van der Waals surface area contributed by atoms with Crippen LogP contribution in [0.1, 0.15) is 104 Å². The van der Waals surface area contributed by atoms with Crippen molar-refractivity contribution >= 4 is 23.5 Å². The quantitative estimate of drug-likeness (QED) is 0.399. The van der Waals surface area contributed by atoms with Gasteiger partial charge in [0.25, 0.3) is 5.91 Å². The van der Waals surface area contributed by atoms with Gasteiger partial charge in [0.1, 0.15) is 5.54 Å². The molecule has 11 heteroatoms. The molecular formula is C34H39F3N4O4. The molecule has 2 aliphatic heterocycles. The van der Waals surface area contributed by atoms with E-state index in [0.29, 0.717) is 63.2 Å². The number of rotatable bonds is 5. The molecular weight excluding hydrogens is 585 g/mol. The third-order valence-electron chi connectivity index (χ3n) is 12.3. The molecule has 7 aliphatic rings. The summed E-state index contributed by atoms with van der Waals surface area (Å²) in [6.07, 6.45) is 5.94. The molecule has 5 saturated carbocycles. The minimum Gasteiger partial charge on any atom is -0.479 e. The van der Waals surface area contributed by atoms with E-state index in [9.17, 15) is 27.9 Å². The summed E-state index contributed by atoms with van der Waals surface area (Å²) in [5, 5.41) is 13.1. The summed E-state index contributed by atoms with van der Waals surface area (Å²) >= 11 is 0. The van der Waals surface area contributed by atoms with Crippen LogP contribution in [-0.4, -0.2) is 52.2 Å². The molecule has 240 valence electrons. The van der Waals surface area contributed by atoms with E-state index in [0.717, 1.165) is 49.6 Å². The zero-order valence-electron chi connectivity index (χ0n) is 25.2. The van der Waals surface area contributed by atoms with Gasteiger partial charge >= 0.3 is 12.1 Å². The normalized spacial score (nSPS) is 31.8. The molecule has 0 unspecified atom stereocenters. The molecule has 0 atom stereocenters. The second-order valence-electron chi connectivity index (χ2n) is 14.6. The molecule has 5 aliphatic carbocycles. The van der Waals surface area contributed by atoms with Crippen LogP contribution in [0.5, 0.6) is 0 Å². The van der Waals surface area contributed by atoms with Gasteiger partial charge in [0, 0.05) is 37.1 Å². The first kappa shape index (κ1) is 29.2. The molecule has 9 rings (SSSR count). The van der Waals surface area contributed by atoms with Crippen LogP contribution in [0.25, 0.3) is 0 Å². The highest BCUT2D eigenvalue weighted by Crippen LogP contribution is 2.58. The lowest BCUT2D eigenvalue weighted by Crippen LogP contribution is -2.70. The van der Waals surface area contributed by atoms with Crippen LogP contribution in [0.3, 0.4) is 0 Å². The van der Waals surface area contributed by atoms with Crippen LogP contribution in [0.4, 0.5) is 24.8 Å². The Kier molecular flexibility index (Phi) is 6.75. The number of fused-ring (bicyclic) bond motifs is 2. The number of nitrogens with zero attached hydrogens (tertiary/aromatic N) is 3. The van der Waals surface area contributed by atoms with Gasteiger partial charge in [0.2, 0.25) is 5.95 Å². The van der Waals surface area contributed by atoms with Crippen LogP contribution in [0.2, 0.25) is 0 Å². The highest BCUT2D eigenvalue weighted by molar-refractivity contribution is 5.99. The molecule has 1 amide bonds. The third kappa shape index (κ3) is 4.58. The number of halogens is 3. The van der Waals surface area contributed by atoms with Gasteiger partial charge in [-0.15, -0.1) is 0 Å². The summed E-state index contributed by atoms with van der Waals surface area (Å²) in [5.41, 5.74) is -0.759. The maximum atomic E-state index is 14.6. The number of benzene rings is 1. The largest absolute Gasteiger partial charge is 0.479 e. The first-order valence-corrected chi connectivity index (χ1v) is 16.6. The fourth-order valence-corrected chi connectivity index (χ4v) is 10.2. The SMILES string of the molecule is O=C(NC1(C(=O)O)C2CC3CC(C2)CC1C3)c1cnc(N2CC3(CCOCC3)c3cc(C4CCCC4)ccc32)nc1C(F)(F)F. The number of carboxylic acid groups (broad SMARTS) is 1. The van der Waals surface area contributed by atoms with E-state index in [1.165, 1.54) is 18.4 Å². The molecule has 0 radical (unpaired) electrons. The monoisotopic (exact) mass is 624 g/mol. The first-order valence-electron chi connectivity index (χ1n) is 16.6. The maximum Gasteiger partial charge on any atom is 0.434 e. The Morgan fingerprint density at radius 3 is 2.29 bits per heavy atom. The number of aliphatic carboxylic acids is 1. The van der Waals surface area contributed by atoms with Crippen molar-refractivity contribution in [1.82, 2.24) is 15.3 Å². The molecule has 8 nitrogen and oxygen atoms in total. The average Bonchev–Trinajstić information content (AvgIpc) is 3.65. The maximum absolute atomic E-state index is 14.6. The summed E-state index contributed by atoms with van der Waals surface area (Å²) in [4.78, 5) is 36.6. The van der Waals surface area contributed by atoms with Crippen LogP contribution in [-0.2, 0) is 21.1 Å². The molecule has 45 heavy (non-hydrogen) atoms. The predicted molar refractivity (Wildman–Crippen MR) is 158 cm³/mol. The number of aromatic nitrogens is 2. The average molecular weight is 625 g/mol. The van der Waals surface area contributed by atoms with Crippen LogP contribution < -0.4 is 10.2 Å². The Hall–Kier alpha value is -3.21. The van der Waals surface area contributed by atoms with E-state index in [1.54, 1.807) is 4.90 Å². The fraction of sp³-hybridized carbons (Fsp3) is 0.647. The lowest BCUT2D eigenvalue weighted by Gasteiger charge is -2.59. The smallest absolute Gasteiger partial charge is 0.434 e. The Bertz CT molecular complexity index is 1500. The number of carbonyl (C=O) groups is 2. The second kappa shape index (κ2) is 10.4. The van der Waals surface area contributed by atoms with Gasteiger partial charge < -0.3 is 20.1 Å². The van der Waals surface area contributed by atoms with Gasteiger partial charge in [-0.3, -0.25) is 4.79 Å². The summed E-state index contributed by atoms with van der Waals surface area (Å²) in [6, 6.07) is 6.33. The third-order valence-corrected chi connectivity index (χ3v) is 12.3. The van der Waals surface area contributed by atoms with Crippen molar-refractivity contribution in [2.75, 3.05) is 24.7 Å². The lowest BCUT2D eigenvalue weighted by atomic mass is 9.48. The van der Waals surface area contributed by atoms with E-state index in [1.807, 2.05) is 6.07 Å². The van der Waals surface area contributed by atoms with Crippen molar-refractivity contribution in [2.24, 2.45) is 23.7 Å². The lowest BCUT2D eigenvalue weighted by molar-refractivity contribution is -0.163. The number of ether oxygens (including phenoxy) is 1. The number of carboxylic acids is 1. The summed E-state index contributed by atoms with van der Waals surface area (Å²) in [5.74, 6) is -1.61. The Morgan fingerprint density at radius 2 is 1.67 bits per heavy atom. The van der Waals surface area contributed by atoms with Crippen molar-refractivity contribution in [3.8, 4) is 0 Å². The van der Waals surface area contributed by atoms with Crippen LogP contribution in [0, 0.1) is 23.7 Å². The van der Waals surface area contributed by atoms with Gasteiger partial charge in [-0.05, 0) is 105 Å². The van der Waals surface area contributed by atoms with E-state index in [2.05, 4.69) is 27.4 Å². The van der Waals surface area contributed by atoms with Crippen LogP contribution >= 0.6 is 0 Å². The molecule has 6 fully saturated rings. The van der Waals surface area contributed by atoms with Gasteiger partial charge in [0.15, 0.2) is 5.69 Å². The van der Waals surface area contributed by atoms with E-state index in [4.69, 9.17) is 4.74 Å². The summed E-state index contributed by atoms with van der Waals surface area (Å²) < 4.78 is 49.6. The van der Waals surface area contributed by atoms with Crippen molar-refractivity contribution in [1.29, 1.82) is 0 Å². The predicted octanol–water partition coefficient (Wildman–Crippen LogP) is 6.36. The first-order chi connectivity index (χ1) is 21.6. The molecule has 1 aromatic carbocycles. The standard InChI is InChI=1S/C34H39F3N4O4/c35-34(36,37)28-25(29(42)40-33(30(43)44)23-12-19-11-20(14-23)15-24(33)13-19)17-38-31(39-28)41-18-32(7-9-45-10-8-32)26-16-22(5-6-27(26)41)21-3-1-2-4-21/h5-6,16-17,19-21,23-24H,1-4,7-15,18H2,(H,40,42)(H,43,44). The van der Waals surface area contributed by atoms with Gasteiger partial charge in [0.05, 0.1) is 5.56 Å². The van der Waals surface area contributed by atoms with E-state index < -0.39 is 34.8 Å². The molecule has 1 spiro atoms. The molecule has 1 saturated heterocycles.